The third-order valence-corrected chi connectivity index (χ3v) is 7.12. The third-order valence-electron chi connectivity index (χ3n) is 5.96. The number of anilines is 1. The van der Waals surface area contributed by atoms with Gasteiger partial charge in [0.25, 0.3) is 0 Å². The van der Waals surface area contributed by atoms with Crippen LogP contribution in [0, 0.1) is 0 Å². The molecule has 2 aromatic heterocycles. The quantitative estimate of drug-likeness (QED) is 0.734. The van der Waals surface area contributed by atoms with Crippen molar-refractivity contribution < 1.29 is 0 Å². The minimum atomic E-state index is 0.667. The van der Waals surface area contributed by atoms with E-state index in [1.807, 2.05) is 23.7 Å². The van der Waals surface area contributed by atoms with Gasteiger partial charge in [0.2, 0.25) is 0 Å². The minimum Gasteiger partial charge on any atom is -0.350 e. The Morgan fingerprint density at radius 3 is 2.75 bits per heavy atom. The molecule has 1 aromatic carbocycles. The van der Waals surface area contributed by atoms with E-state index in [-0.39, 0.29) is 0 Å². The topological polar surface area (TPSA) is 36.3 Å². The van der Waals surface area contributed by atoms with Crippen LogP contribution in [0.4, 0.5) is 5.69 Å². The first-order valence-electron chi connectivity index (χ1n) is 10.1. The number of rotatable bonds is 4. The van der Waals surface area contributed by atoms with Gasteiger partial charge in [-0.15, -0.1) is 11.3 Å². The molecule has 5 nitrogen and oxygen atoms in total. The number of imidazole rings is 1. The molecular formula is C22H27N5S. The molecule has 3 aromatic rings. The molecule has 2 aliphatic heterocycles. The SMILES string of the molecule is Cn1ccnc1CN1CN(C2CCNCC2)Cc2sc(-c3ccccc3)cc21. The maximum atomic E-state index is 4.58. The molecule has 0 unspecified atom stereocenters. The van der Waals surface area contributed by atoms with Crippen molar-refractivity contribution >= 4 is 17.0 Å². The lowest BCUT2D eigenvalue weighted by Gasteiger charge is -2.42. The van der Waals surface area contributed by atoms with Crippen LogP contribution in [-0.2, 0) is 20.1 Å². The van der Waals surface area contributed by atoms with Crippen molar-refractivity contribution in [1.29, 1.82) is 0 Å². The molecule has 0 saturated carbocycles. The molecule has 5 rings (SSSR count). The van der Waals surface area contributed by atoms with Gasteiger partial charge < -0.3 is 14.8 Å². The molecule has 1 N–H and O–H groups in total. The summed E-state index contributed by atoms with van der Waals surface area (Å²) in [6, 6.07) is 13.8. The maximum absolute atomic E-state index is 4.58. The predicted octanol–water partition coefficient (Wildman–Crippen LogP) is 3.68. The van der Waals surface area contributed by atoms with E-state index in [0.29, 0.717) is 6.04 Å². The van der Waals surface area contributed by atoms with Crippen molar-refractivity contribution in [3.05, 3.63) is 59.5 Å². The minimum absolute atomic E-state index is 0.667. The number of hydrogen-bond acceptors (Lipinski definition) is 5. The van der Waals surface area contributed by atoms with Crippen molar-refractivity contribution in [1.82, 2.24) is 19.8 Å². The monoisotopic (exact) mass is 393 g/mol. The predicted molar refractivity (Wildman–Crippen MR) is 115 cm³/mol. The van der Waals surface area contributed by atoms with Crippen LogP contribution >= 0.6 is 11.3 Å². The number of piperidine rings is 1. The third kappa shape index (κ3) is 3.48. The van der Waals surface area contributed by atoms with Crippen LogP contribution in [-0.4, -0.2) is 40.3 Å². The smallest absolute Gasteiger partial charge is 0.128 e. The summed E-state index contributed by atoms with van der Waals surface area (Å²) in [4.78, 5) is 12.6. The molecule has 0 aliphatic carbocycles. The van der Waals surface area contributed by atoms with Gasteiger partial charge in [-0.2, -0.15) is 0 Å². The summed E-state index contributed by atoms with van der Waals surface area (Å²) in [5, 5.41) is 3.50. The summed E-state index contributed by atoms with van der Waals surface area (Å²) in [5.41, 5.74) is 2.70. The molecule has 0 atom stereocenters. The lowest BCUT2D eigenvalue weighted by Crippen LogP contribution is -2.49. The van der Waals surface area contributed by atoms with Crippen LogP contribution in [0.15, 0.2) is 48.8 Å². The highest BCUT2D eigenvalue weighted by Crippen LogP contribution is 2.41. The van der Waals surface area contributed by atoms with E-state index in [1.54, 1.807) is 0 Å². The maximum Gasteiger partial charge on any atom is 0.128 e. The highest BCUT2D eigenvalue weighted by molar-refractivity contribution is 7.16. The van der Waals surface area contributed by atoms with E-state index >= 15 is 0 Å². The van der Waals surface area contributed by atoms with E-state index in [4.69, 9.17) is 0 Å². The highest BCUT2D eigenvalue weighted by Gasteiger charge is 2.31. The molecule has 28 heavy (non-hydrogen) atoms. The molecule has 4 heterocycles. The Balaban J connectivity index is 1.48. The lowest BCUT2D eigenvalue weighted by atomic mass is 10.0. The number of aromatic nitrogens is 2. The van der Waals surface area contributed by atoms with Gasteiger partial charge in [0, 0.05) is 41.8 Å². The van der Waals surface area contributed by atoms with Crippen LogP contribution in [0.1, 0.15) is 23.5 Å². The average molecular weight is 394 g/mol. The van der Waals surface area contributed by atoms with E-state index < -0.39 is 0 Å². The van der Waals surface area contributed by atoms with E-state index in [0.717, 1.165) is 38.7 Å². The van der Waals surface area contributed by atoms with Gasteiger partial charge in [0.1, 0.15) is 5.82 Å². The summed E-state index contributed by atoms with van der Waals surface area (Å²) in [6.07, 6.45) is 6.41. The molecule has 0 spiro atoms. The summed E-state index contributed by atoms with van der Waals surface area (Å²) in [6.45, 7) is 5.16. The van der Waals surface area contributed by atoms with Crippen molar-refractivity contribution in [3.63, 3.8) is 0 Å². The fourth-order valence-corrected chi connectivity index (χ4v) is 5.56. The van der Waals surface area contributed by atoms with Crippen molar-refractivity contribution in [2.75, 3.05) is 24.7 Å². The summed E-state index contributed by atoms with van der Waals surface area (Å²) >= 11 is 1.95. The van der Waals surface area contributed by atoms with Crippen molar-refractivity contribution in [2.24, 2.45) is 7.05 Å². The first-order chi connectivity index (χ1) is 13.8. The Labute approximate surface area is 170 Å². The molecule has 0 radical (unpaired) electrons. The first-order valence-corrected chi connectivity index (χ1v) is 10.9. The number of fused-ring (bicyclic) bond motifs is 1. The standard InChI is InChI=1S/C22H27N5S/c1-25-12-11-24-22(25)15-27-16-26(18-7-9-23-10-8-18)14-21-19(27)13-20(28-21)17-5-3-2-4-6-17/h2-6,11-13,18,23H,7-10,14-16H2,1H3. The summed E-state index contributed by atoms with van der Waals surface area (Å²) in [5.74, 6) is 1.12. The number of nitrogens with zero attached hydrogens (tertiary/aromatic N) is 4. The van der Waals surface area contributed by atoms with E-state index in [9.17, 15) is 0 Å². The van der Waals surface area contributed by atoms with Crippen molar-refractivity contribution in [2.45, 2.75) is 32.0 Å². The van der Waals surface area contributed by atoms with Crippen LogP contribution in [0.25, 0.3) is 10.4 Å². The van der Waals surface area contributed by atoms with Crippen LogP contribution in [0.5, 0.6) is 0 Å². The Kier molecular flexibility index (Phi) is 4.93. The highest BCUT2D eigenvalue weighted by atomic mass is 32.1. The van der Waals surface area contributed by atoms with Gasteiger partial charge >= 0.3 is 0 Å². The second-order valence-electron chi connectivity index (χ2n) is 7.81. The first kappa shape index (κ1) is 17.9. The Bertz CT molecular complexity index is 926. The normalized spacial score (nSPS) is 18.4. The van der Waals surface area contributed by atoms with E-state index in [2.05, 4.69) is 68.1 Å². The van der Waals surface area contributed by atoms with Gasteiger partial charge in [-0.1, -0.05) is 30.3 Å². The second kappa shape index (κ2) is 7.70. The average Bonchev–Trinajstić information content (AvgIpc) is 3.36. The summed E-state index contributed by atoms with van der Waals surface area (Å²) in [7, 11) is 2.08. The van der Waals surface area contributed by atoms with Crippen LogP contribution < -0.4 is 10.2 Å². The van der Waals surface area contributed by atoms with Gasteiger partial charge in [0.15, 0.2) is 0 Å². The second-order valence-corrected chi connectivity index (χ2v) is 8.94. The molecule has 146 valence electrons. The zero-order chi connectivity index (χ0) is 18.9. The fourth-order valence-electron chi connectivity index (χ4n) is 4.35. The number of benzene rings is 1. The largest absolute Gasteiger partial charge is 0.350 e. The van der Waals surface area contributed by atoms with Gasteiger partial charge in [-0.25, -0.2) is 4.98 Å². The van der Waals surface area contributed by atoms with Crippen molar-refractivity contribution in [3.8, 4) is 10.4 Å². The zero-order valence-electron chi connectivity index (χ0n) is 16.3. The van der Waals surface area contributed by atoms with Gasteiger partial charge in [-0.05, 0) is 37.6 Å². The van der Waals surface area contributed by atoms with Gasteiger partial charge in [-0.3, -0.25) is 4.90 Å². The number of thiophene rings is 1. The molecular weight excluding hydrogens is 366 g/mol. The molecule has 2 aliphatic rings. The number of nitrogens with one attached hydrogen (secondary N) is 1. The molecule has 0 amide bonds. The zero-order valence-corrected chi connectivity index (χ0v) is 17.2. The lowest BCUT2D eigenvalue weighted by molar-refractivity contribution is 0.147. The Morgan fingerprint density at radius 2 is 2.00 bits per heavy atom. The fraction of sp³-hybridized carbons (Fsp3) is 0.409. The van der Waals surface area contributed by atoms with Gasteiger partial charge in [0.05, 0.1) is 18.9 Å². The Hall–Kier alpha value is -2.15. The number of hydrogen-bond donors (Lipinski definition) is 1. The van der Waals surface area contributed by atoms with Crippen LogP contribution in [0.3, 0.4) is 0 Å². The molecule has 1 saturated heterocycles. The molecule has 6 heteroatoms. The Morgan fingerprint density at radius 1 is 1.18 bits per heavy atom. The molecule has 1 fully saturated rings. The van der Waals surface area contributed by atoms with E-state index in [1.165, 1.54) is 33.8 Å². The number of aryl methyl sites for hydroxylation is 1. The molecule has 0 bridgehead atoms. The van der Waals surface area contributed by atoms with Crippen LogP contribution in [0.2, 0.25) is 0 Å². The summed E-state index contributed by atoms with van der Waals surface area (Å²) < 4.78 is 2.13.